The molecule has 1 atom stereocenters. The summed E-state index contributed by atoms with van der Waals surface area (Å²) in [5, 5.41) is 2.22. The summed E-state index contributed by atoms with van der Waals surface area (Å²) in [6.07, 6.45) is 14.4. The van der Waals surface area contributed by atoms with Crippen molar-refractivity contribution < 1.29 is 4.39 Å². The van der Waals surface area contributed by atoms with Crippen molar-refractivity contribution in [2.75, 3.05) is 0 Å². The third-order valence-electron chi connectivity index (χ3n) is 6.79. The summed E-state index contributed by atoms with van der Waals surface area (Å²) >= 11 is 0. The van der Waals surface area contributed by atoms with E-state index in [0.29, 0.717) is 30.8 Å². The average molecular weight is 452 g/mol. The Kier molecular flexibility index (Phi) is 5.05. The monoisotopic (exact) mass is 451 g/mol. The Morgan fingerprint density at radius 2 is 1.97 bits per heavy atom. The first kappa shape index (κ1) is 20.8. The van der Waals surface area contributed by atoms with Gasteiger partial charge in [-0.2, -0.15) is 0 Å². The summed E-state index contributed by atoms with van der Waals surface area (Å²) in [6, 6.07) is 10.5. The van der Waals surface area contributed by atoms with Gasteiger partial charge in [0.15, 0.2) is 5.82 Å². The number of nitrogens with zero attached hydrogens (tertiary/aromatic N) is 2. The molecule has 0 aromatic heterocycles. The van der Waals surface area contributed by atoms with Gasteiger partial charge in [0.25, 0.3) is 5.56 Å². The molecule has 2 heterocycles. The van der Waals surface area contributed by atoms with Gasteiger partial charge in [-0.05, 0) is 42.4 Å². The third kappa shape index (κ3) is 3.61. The Hall–Kier alpha value is -3.73. The highest BCUT2D eigenvalue weighted by atomic mass is 19.1. The largest absolute Gasteiger partial charge is 0.353 e. The molecule has 5 heteroatoms. The molecule has 2 aromatic rings. The first-order valence-corrected chi connectivity index (χ1v) is 11.9. The minimum Gasteiger partial charge on any atom is -0.353 e. The number of aromatic amines is 1. The minimum atomic E-state index is -0.949. The Balaban J connectivity index is 1.57. The smallest absolute Gasteiger partial charge is 0.278 e. The van der Waals surface area contributed by atoms with Crippen LogP contribution in [0, 0.1) is 6.92 Å². The van der Waals surface area contributed by atoms with Crippen LogP contribution in [-0.2, 0) is 12.8 Å². The van der Waals surface area contributed by atoms with Crippen LogP contribution in [-0.4, -0.2) is 20.7 Å². The van der Waals surface area contributed by atoms with Gasteiger partial charge in [-0.3, -0.25) is 9.36 Å². The van der Waals surface area contributed by atoms with E-state index < -0.39 is 6.17 Å². The van der Waals surface area contributed by atoms with Crippen LogP contribution < -0.4 is 5.56 Å². The van der Waals surface area contributed by atoms with E-state index in [1.54, 1.807) is 16.7 Å². The maximum atomic E-state index is 13.6. The van der Waals surface area contributed by atoms with E-state index in [9.17, 15) is 9.18 Å². The van der Waals surface area contributed by atoms with Gasteiger partial charge in [-0.25, -0.2) is 9.37 Å². The zero-order valence-electron chi connectivity index (χ0n) is 19.1. The van der Waals surface area contributed by atoms with Crippen molar-refractivity contribution in [2.24, 2.45) is 0 Å². The lowest BCUT2D eigenvalue weighted by Gasteiger charge is -2.16. The molecule has 0 saturated carbocycles. The quantitative estimate of drug-likeness (QED) is 0.376. The predicted molar refractivity (Wildman–Crippen MR) is 136 cm³/mol. The lowest BCUT2D eigenvalue weighted by molar-refractivity contribution is 0.400. The van der Waals surface area contributed by atoms with E-state index in [2.05, 4.69) is 54.4 Å². The minimum absolute atomic E-state index is 0.105. The summed E-state index contributed by atoms with van der Waals surface area (Å²) in [5.74, 6) is 0.669. The van der Waals surface area contributed by atoms with Gasteiger partial charge < -0.3 is 4.98 Å². The molecule has 0 spiro atoms. The second kappa shape index (κ2) is 8.24. The van der Waals surface area contributed by atoms with Crippen LogP contribution in [0.3, 0.4) is 0 Å². The summed E-state index contributed by atoms with van der Waals surface area (Å²) in [7, 11) is 0. The van der Waals surface area contributed by atoms with Crippen molar-refractivity contribution >= 4 is 21.8 Å². The first-order chi connectivity index (χ1) is 16.6. The van der Waals surface area contributed by atoms with Gasteiger partial charge in [0.2, 0.25) is 0 Å². The van der Waals surface area contributed by atoms with E-state index in [0.717, 1.165) is 45.9 Å². The highest BCUT2D eigenvalue weighted by Gasteiger charge is 2.23. The highest BCUT2D eigenvalue weighted by Crippen LogP contribution is 2.30. The first-order valence-electron chi connectivity index (χ1n) is 11.9. The van der Waals surface area contributed by atoms with Crippen molar-refractivity contribution in [1.82, 2.24) is 14.5 Å². The number of allylic oxidation sites excluding steroid dienone is 8. The molecule has 2 aromatic carbocycles. The van der Waals surface area contributed by atoms with Crippen molar-refractivity contribution in [3.63, 3.8) is 0 Å². The van der Waals surface area contributed by atoms with Crippen molar-refractivity contribution in [1.29, 1.82) is 0 Å². The molecule has 2 aliphatic carbocycles. The molecule has 0 fully saturated rings. The van der Waals surface area contributed by atoms with Crippen LogP contribution in [0.5, 0.6) is 0 Å². The van der Waals surface area contributed by atoms with Crippen LogP contribution >= 0.6 is 0 Å². The summed E-state index contributed by atoms with van der Waals surface area (Å²) in [4.78, 5) is 22.1. The Morgan fingerprint density at radius 1 is 1.09 bits per heavy atom. The summed E-state index contributed by atoms with van der Waals surface area (Å²) in [5.41, 5.74) is 6.44. The molecule has 4 nitrogen and oxygen atoms in total. The van der Waals surface area contributed by atoms with Gasteiger partial charge >= 0.3 is 0 Å². The molecule has 0 bridgehead atoms. The second-order valence-corrected chi connectivity index (χ2v) is 9.31. The number of aromatic nitrogens is 3. The normalized spacial score (nSPS) is 18.1. The van der Waals surface area contributed by atoms with Crippen LogP contribution in [0.15, 0.2) is 82.7 Å². The molecule has 1 unspecified atom stereocenters. The fourth-order valence-electron chi connectivity index (χ4n) is 5.04. The molecule has 1 N–H and O–H groups in total. The number of fused-ring (bicyclic) bond motifs is 5. The number of nitrogens with one attached hydrogen (secondary N) is 1. The highest BCUT2D eigenvalue weighted by molar-refractivity contribution is 6.04. The molecule has 2 aliphatic heterocycles. The SMILES string of the molecule is Cc1ccc2c(ccc3c2[nH]c(CC2=CCCC=C2)c2nc(CC4=CCC(F)C=C4)c(=O)n3-2)c1. The zero-order valence-corrected chi connectivity index (χ0v) is 19.1. The van der Waals surface area contributed by atoms with E-state index in [1.807, 2.05) is 12.1 Å². The van der Waals surface area contributed by atoms with Crippen molar-refractivity contribution in [2.45, 2.75) is 45.2 Å². The van der Waals surface area contributed by atoms with Crippen LogP contribution in [0.4, 0.5) is 4.39 Å². The number of H-pyrrole nitrogens is 1. The lowest BCUT2D eigenvalue weighted by atomic mass is 10.0. The molecule has 0 radical (unpaired) electrons. The number of imidazole rings is 1. The Morgan fingerprint density at radius 3 is 2.76 bits per heavy atom. The zero-order chi connectivity index (χ0) is 23.2. The van der Waals surface area contributed by atoms with Gasteiger partial charge in [0.05, 0.1) is 16.7 Å². The maximum absolute atomic E-state index is 13.6. The lowest BCUT2D eigenvalue weighted by Crippen LogP contribution is -2.19. The fraction of sp³-hybridized carbons (Fsp3) is 0.241. The van der Waals surface area contributed by atoms with Gasteiger partial charge in [-0.1, -0.05) is 66.3 Å². The Labute approximate surface area is 197 Å². The van der Waals surface area contributed by atoms with E-state index in [4.69, 9.17) is 4.98 Å². The molecule has 34 heavy (non-hydrogen) atoms. The number of hydrogen-bond donors (Lipinski definition) is 1. The molecule has 170 valence electrons. The van der Waals surface area contributed by atoms with Gasteiger partial charge in [0, 0.05) is 24.6 Å². The number of hydrogen-bond acceptors (Lipinski definition) is 2. The van der Waals surface area contributed by atoms with E-state index in [-0.39, 0.29) is 5.56 Å². The van der Waals surface area contributed by atoms with Crippen LogP contribution in [0.25, 0.3) is 27.6 Å². The molecule has 6 rings (SSSR count). The number of benzene rings is 2. The van der Waals surface area contributed by atoms with Crippen molar-refractivity contribution in [3.05, 3.63) is 105 Å². The topological polar surface area (TPSA) is 50.7 Å². The molecular formula is C29H26FN3O. The van der Waals surface area contributed by atoms with E-state index in [1.165, 1.54) is 11.1 Å². The predicted octanol–water partition coefficient (Wildman–Crippen LogP) is 6.20. The third-order valence-corrected chi connectivity index (χ3v) is 6.79. The maximum Gasteiger partial charge on any atom is 0.278 e. The van der Waals surface area contributed by atoms with Crippen molar-refractivity contribution in [3.8, 4) is 5.82 Å². The number of halogens is 1. The molecule has 0 saturated heterocycles. The Bertz CT molecular complexity index is 1580. The summed E-state index contributed by atoms with van der Waals surface area (Å²) < 4.78 is 15.3. The standard InChI is InChI=1S/C29H26FN3O/c1-18-7-13-23-21(15-18)10-14-26-27(23)31-24(16-19-5-3-2-4-6-19)28-32-25(29(34)33(26)28)17-20-8-11-22(30)12-9-20/h3,5-11,13-15,22,31H,2,4,12,16-17H2,1H3. The molecule has 0 amide bonds. The fourth-order valence-corrected chi connectivity index (χ4v) is 5.04. The number of aryl methyl sites for hydroxylation is 1. The van der Waals surface area contributed by atoms with Crippen LogP contribution in [0.1, 0.15) is 36.2 Å². The number of rotatable bonds is 4. The number of alkyl halides is 1. The molecule has 4 aliphatic rings. The average Bonchev–Trinajstić information content (AvgIpc) is 3.17. The van der Waals surface area contributed by atoms with Gasteiger partial charge in [0.1, 0.15) is 11.9 Å². The summed E-state index contributed by atoms with van der Waals surface area (Å²) in [6.45, 7) is 2.08. The second-order valence-electron chi connectivity index (χ2n) is 9.31. The van der Waals surface area contributed by atoms with E-state index >= 15 is 0 Å². The van der Waals surface area contributed by atoms with Gasteiger partial charge in [-0.15, -0.1) is 0 Å². The van der Waals surface area contributed by atoms with Crippen LogP contribution in [0.2, 0.25) is 0 Å². The molecular weight excluding hydrogens is 425 g/mol.